The first-order valence-electron chi connectivity index (χ1n) is 22.1. The van der Waals surface area contributed by atoms with Gasteiger partial charge in [0.1, 0.15) is 22.1 Å². The third-order valence-corrected chi connectivity index (χ3v) is 18.2. The van der Waals surface area contributed by atoms with E-state index in [9.17, 15) is 0 Å². The first kappa shape index (κ1) is 36.2. The molecule has 2 fully saturated rings. The molecule has 6 heterocycles. The molecular weight excluding hydrogens is 761 g/mol. The fourth-order valence-corrected chi connectivity index (χ4v) is 15.2. The van der Waals surface area contributed by atoms with Crippen molar-refractivity contribution in [1.82, 2.24) is 29.1 Å². The Balaban J connectivity index is 1.17. The third-order valence-electron chi connectivity index (χ3n) is 13.7. The van der Waals surface area contributed by atoms with Crippen LogP contribution in [-0.4, -0.2) is 37.1 Å². The van der Waals surface area contributed by atoms with E-state index in [-0.39, 0.29) is 0 Å². The lowest BCUT2D eigenvalue weighted by molar-refractivity contribution is 0.701. The maximum absolute atomic E-state index is 5.90. The lowest BCUT2D eigenvalue weighted by atomic mass is 10.0. The summed E-state index contributed by atoms with van der Waals surface area (Å²) in [5.41, 5.74) is 12.7. The highest BCUT2D eigenvalue weighted by molar-refractivity contribution is 7.19. The average Bonchev–Trinajstić information content (AvgIpc) is 4.17. The molecule has 0 N–H and O–H groups in total. The van der Waals surface area contributed by atoms with Crippen molar-refractivity contribution in [3.63, 3.8) is 0 Å². The summed E-state index contributed by atoms with van der Waals surface area (Å²) in [4.78, 5) is 22.8. The minimum Gasteiger partial charge on any atom is -0.306 e. The molecule has 12 rings (SSSR count). The van der Waals surface area contributed by atoms with E-state index in [4.69, 9.17) is 19.9 Å². The predicted molar refractivity (Wildman–Crippen MR) is 252 cm³/mol. The van der Waals surface area contributed by atoms with Gasteiger partial charge in [0.05, 0.1) is 22.1 Å². The molecular formula is C54H46N6Si. The Morgan fingerprint density at radius 1 is 0.344 bits per heavy atom. The van der Waals surface area contributed by atoms with Gasteiger partial charge >= 0.3 is 0 Å². The van der Waals surface area contributed by atoms with Crippen LogP contribution >= 0.6 is 0 Å². The van der Waals surface area contributed by atoms with Crippen LogP contribution in [0.25, 0.3) is 55.5 Å². The molecule has 0 amide bonds. The standard InChI is InChI=1S/C54H46N6Si/c1-5-21-39(22-6-1)59-45-31-29-43(37-17-13-14-18-37)55-51(45)53-47(59)33-35-49(57-53)61(41-25-9-3-10-26-41,42-27-11-4-12-28-42)50-36-34-48-54(58-50)52-46(60(48)40-23-7-2-8-24-40)32-30-44(56-52)38-19-15-16-20-38/h1-12,21-38H,13-20H2. The summed E-state index contributed by atoms with van der Waals surface area (Å²) in [6.07, 6.45) is 9.83. The molecule has 7 heteroatoms. The van der Waals surface area contributed by atoms with E-state index in [0.717, 1.165) is 66.1 Å². The van der Waals surface area contributed by atoms with Gasteiger partial charge in [-0.2, -0.15) is 0 Å². The highest BCUT2D eigenvalue weighted by atomic mass is 28.3. The Morgan fingerprint density at radius 2 is 0.672 bits per heavy atom. The number of pyridine rings is 4. The molecule has 2 saturated carbocycles. The van der Waals surface area contributed by atoms with Crippen molar-refractivity contribution in [3.8, 4) is 11.4 Å². The lowest BCUT2D eigenvalue weighted by Crippen LogP contribution is -2.76. The van der Waals surface area contributed by atoms with Crippen LogP contribution in [0.3, 0.4) is 0 Å². The second-order valence-electron chi connectivity index (χ2n) is 17.1. The maximum atomic E-state index is 5.90. The van der Waals surface area contributed by atoms with Gasteiger partial charge in [0, 0.05) is 45.2 Å². The SMILES string of the molecule is c1ccc(-n2c3ccc(C4CCCC4)nc3c3nc([Si](c4ccccc4)(c4ccccc4)c4ccc5c(n4)c4nc(C6CCCC6)ccc4n5-c4ccccc4)ccc32)cc1. The zero-order valence-corrected chi connectivity index (χ0v) is 35.2. The van der Waals surface area contributed by atoms with Crippen molar-refractivity contribution in [3.05, 3.63) is 181 Å². The van der Waals surface area contributed by atoms with Crippen LogP contribution in [0.1, 0.15) is 74.6 Å². The first-order chi connectivity index (χ1) is 30.3. The number of nitrogens with zero attached hydrogens (tertiary/aromatic N) is 6. The zero-order valence-electron chi connectivity index (χ0n) is 34.2. The minimum atomic E-state index is -3.22. The molecule has 6 nitrogen and oxygen atoms in total. The monoisotopic (exact) mass is 806 g/mol. The molecule has 0 atom stereocenters. The predicted octanol–water partition coefficient (Wildman–Crippen LogP) is 10.2. The van der Waals surface area contributed by atoms with Crippen molar-refractivity contribution in [2.75, 3.05) is 0 Å². The van der Waals surface area contributed by atoms with E-state index in [1.165, 1.54) is 73.1 Å². The van der Waals surface area contributed by atoms with Gasteiger partial charge < -0.3 is 9.13 Å². The van der Waals surface area contributed by atoms with Gasteiger partial charge in [-0.05, 0) is 109 Å². The van der Waals surface area contributed by atoms with Crippen molar-refractivity contribution >= 4 is 73.2 Å². The number of hydrogen-bond acceptors (Lipinski definition) is 4. The number of hydrogen-bond donors (Lipinski definition) is 0. The van der Waals surface area contributed by atoms with Gasteiger partial charge in [-0.1, -0.05) is 123 Å². The van der Waals surface area contributed by atoms with Crippen molar-refractivity contribution in [1.29, 1.82) is 0 Å². The van der Waals surface area contributed by atoms with Crippen LogP contribution in [0.15, 0.2) is 170 Å². The van der Waals surface area contributed by atoms with Crippen LogP contribution < -0.4 is 21.0 Å². The van der Waals surface area contributed by atoms with Crippen molar-refractivity contribution in [2.24, 2.45) is 0 Å². The Hall–Kier alpha value is -6.70. The number of aromatic nitrogens is 6. The molecule has 0 radical (unpaired) electrons. The van der Waals surface area contributed by atoms with E-state index >= 15 is 0 Å². The quantitative estimate of drug-likeness (QED) is 0.144. The van der Waals surface area contributed by atoms with Crippen LogP contribution in [0.5, 0.6) is 0 Å². The molecule has 61 heavy (non-hydrogen) atoms. The fraction of sp³-hybridized carbons (Fsp3) is 0.185. The summed E-state index contributed by atoms with van der Waals surface area (Å²) < 4.78 is 4.69. The van der Waals surface area contributed by atoms with Gasteiger partial charge in [-0.3, -0.25) is 9.97 Å². The second kappa shape index (κ2) is 14.8. The highest BCUT2D eigenvalue weighted by Gasteiger charge is 2.45. The van der Waals surface area contributed by atoms with Gasteiger partial charge in [-0.15, -0.1) is 0 Å². The molecule has 2 aliphatic carbocycles. The zero-order chi connectivity index (χ0) is 40.3. The molecule has 0 saturated heterocycles. The molecule has 0 aliphatic heterocycles. The molecule has 0 unspecified atom stereocenters. The number of para-hydroxylation sites is 2. The van der Waals surface area contributed by atoms with E-state index in [2.05, 4.69) is 179 Å². The molecule has 296 valence electrons. The summed E-state index contributed by atoms with van der Waals surface area (Å²) in [6, 6.07) is 61.7. The maximum Gasteiger partial charge on any atom is 0.223 e. The Bertz CT molecular complexity index is 2980. The number of rotatable bonds is 8. The summed E-state index contributed by atoms with van der Waals surface area (Å²) in [5.74, 6) is 0.975. The average molecular weight is 807 g/mol. The summed E-state index contributed by atoms with van der Waals surface area (Å²) in [5, 5.41) is 4.54. The van der Waals surface area contributed by atoms with Crippen LogP contribution in [0, 0.1) is 0 Å². The van der Waals surface area contributed by atoms with Crippen LogP contribution in [-0.2, 0) is 0 Å². The summed E-state index contributed by atoms with van der Waals surface area (Å²) in [7, 11) is -3.22. The van der Waals surface area contributed by atoms with E-state index < -0.39 is 8.07 Å². The molecule has 0 bridgehead atoms. The van der Waals surface area contributed by atoms with E-state index in [0.29, 0.717) is 11.8 Å². The summed E-state index contributed by atoms with van der Waals surface area (Å²) >= 11 is 0. The van der Waals surface area contributed by atoms with E-state index in [1.54, 1.807) is 0 Å². The van der Waals surface area contributed by atoms with Gasteiger partial charge in [-0.25, -0.2) is 9.97 Å². The second-order valence-corrected chi connectivity index (χ2v) is 20.8. The third kappa shape index (κ3) is 5.82. The molecule has 4 aromatic carbocycles. The number of benzene rings is 4. The number of fused-ring (bicyclic) bond motifs is 6. The van der Waals surface area contributed by atoms with Crippen molar-refractivity contribution < 1.29 is 0 Å². The topological polar surface area (TPSA) is 61.4 Å². The smallest absolute Gasteiger partial charge is 0.223 e. The molecule has 6 aromatic heterocycles. The summed E-state index contributed by atoms with van der Waals surface area (Å²) in [6.45, 7) is 0. The van der Waals surface area contributed by atoms with Crippen LogP contribution in [0.2, 0.25) is 0 Å². The normalized spacial score (nSPS) is 15.2. The Labute approximate surface area is 356 Å². The molecule has 0 spiro atoms. The Morgan fingerprint density at radius 3 is 1.05 bits per heavy atom. The lowest BCUT2D eigenvalue weighted by Gasteiger charge is -2.32. The van der Waals surface area contributed by atoms with Gasteiger partial charge in [0.2, 0.25) is 8.07 Å². The minimum absolute atomic E-state index is 0.488. The van der Waals surface area contributed by atoms with Gasteiger partial charge in [0.25, 0.3) is 0 Å². The van der Waals surface area contributed by atoms with Crippen LogP contribution in [0.4, 0.5) is 0 Å². The molecule has 10 aromatic rings. The highest BCUT2D eigenvalue weighted by Crippen LogP contribution is 2.38. The van der Waals surface area contributed by atoms with Crippen molar-refractivity contribution in [2.45, 2.75) is 63.2 Å². The van der Waals surface area contributed by atoms with E-state index in [1.807, 2.05) is 0 Å². The van der Waals surface area contributed by atoms with Gasteiger partial charge in [0.15, 0.2) is 0 Å². The molecule has 2 aliphatic rings. The Kier molecular flexibility index (Phi) is 8.77. The fourth-order valence-electron chi connectivity index (χ4n) is 10.8. The first-order valence-corrected chi connectivity index (χ1v) is 24.1. The largest absolute Gasteiger partial charge is 0.306 e.